The van der Waals surface area contributed by atoms with Gasteiger partial charge in [-0.15, -0.1) is 0 Å². The van der Waals surface area contributed by atoms with Crippen LogP contribution in [-0.4, -0.2) is 0 Å². The Labute approximate surface area is 290 Å². The average Bonchev–Trinajstić information content (AvgIpc) is 3.58. The van der Waals surface area contributed by atoms with E-state index < -0.39 is 0 Å². The summed E-state index contributed by atoms with van der Waals surface area (Å²) >= 11 is 0. The minimum Gasteiger partial charge on any atom is -0.454 e. The first-order valence-electron chi connectivity index (χ1n) is 17.1. The number of rotatable bonds is 5. The average molecular weight is 638 g/mol. The summed E-state index contributed by atoms with van der Waals surface area (Å²) in [5, 5.41) is 9.71. The molecular formula is C48H31NO. The molecular weight excluding hydrogens is 607 g/mol. The van der Waals surface area contributed by atoms with Gasteiger partial charge in [0.25, 0.3) is 0 Å². The van der Waals surface area contributed by atoms with Crippen molar-refractivity contribution in [1.82, 2.24) is 0 Å². The largest absolute Gasteiger partial charge is 0.454 e. The number of nitrogens with zero attached hydrogens (tertiary/aromatic N) is 1. The Morgan fingerprint density at radius 2 is 0.900 bits per heavy atom. The van der Waals surface area contributed by atoms with Crippen molar-refractivity contribution < 1.29 is 4.42 Å². The molecule has 50 heavy (non-hydrogen) atoms. The number of fused-ring (bicyclic) bond motifs is 8. The van der Waals surface area contributed by atoms with Crippen LogP contribution in [-0.2, 0) is 0 Å². The molecule has 10 rings (SSSR count). The summed E-state index contributed by atoms with van der Waals surface area (Å²) in [6.07, 6.45) is 0. The van der Waals surface area contributed by atoms with Gasteiger partial charge in [-0.2, -0.15) is 0 Å². The van der Waals surface area contributed by atoms with Crippen LogP contribution in [0.3, 0.4) is 0 Å². The Hall–Kier alpha value is -6.64. The van der Waals surface area contributed by atoms with Gasteiger partial charge in [0, 0.05) is 22.1 Å². The molecule has 234 valence electrons. The number of para-hydroxylation sites is 2. The summed E-state index contributed by atoms with van der Waals surface area (Å²) < 4.78 is 6.92. The number of hydrogen-bond donors (Lipinski definition) is 0. The zero-order valence-electron chi connectivity index (χ0n) is 27.3. The molecule has 0 saturated carbocycles. The minimum atomic E-state index is 0.867. The predicted octanol–water partition coefficient (Wildman–Crippen LogP) is 13.8. The minimum absolute atomic E-state index is 0.867. The van der Waals surface area contributed by atoms with Crippen molar-refractivity contribution in [2.45, 2.75) is 0 Å². The van der Waals surface area contributed by atoms with Gasteiger partial charge in [0.2, 0.25) is 0 Å². The normalized spacial score (nSPS) is 11.6. The topological polar surface area (TPSA) is 16.4 Å². The SMILES string of the molecule is c1ccc(-c2cc3oc4c(N(c5ccccc5)c5ccc(-c6cc7ccccc7c7ccccc67)cc5)cccc4c3c3ccccc23)cc1. The molecule has 0 N–H and O–H groups in total. The van der Waals surface area contributed by atoms with E-state index >= 15 is 0 Å². The van der Waals surface area contributed by atoms with Crippen LogP contribution in [0, 0.1) is 0 Å². The maximum atomic E-state index is 6.92. The molecule has 0 unspecified atom stereocenters. The molecule has 0 amide bonds. The van der Waals surface area contributed by atoms with Gasteiger partial charge in [0.05, 0.1) is 5.69 Å². The third-order valence-corrected chi connectivity index (χ3v) is 10.0. The highest BCUT2D eigenvalue weighted by Crippen LogP contribution is 2.46. The molecule has 0 bridgehead atoms. The van der Waals surface area contributed by atoms with Crippen molar-refractivity contribution in [3.63, 3.8) is 0 Å². The van der Waals surface area contributed by atoms with Crippen LogP contribution in [0.4, 0.5) is 17.1 Å². The van der Waals surface area contributed by atoms with E-state index in [-0.39, 0.29) is 0 Å². The van der Waals surface area contributed by atoms with Crippen molar-refractivity contribution >= 4 is 71.3 Å². The molecule has 0 aliphatic rings. The Bertz CT molecular complexity index is 2850. The molecule has 0 radical (unpaired) electrons. The van der Waals surface area contributed by atoms with Crippen LogP contribution in [0.5, 0.6) is 0 Å². The van der Waals surface area contributed by atoms with E-state index in [1.54, 1.807) is 0 Å². The zero-order valence-corrected chi connectivity index (χ0v) is 27.3. The van der Waals surface area contributed by atoms with E-state index in [4.69, 9.17) is 4.42 Å². The first-order valence-corrected chi connectivity index (χ1v) is 17.1. The smallest absolute Gasteiger partial charge is 0.159 e. The van der Waals surface area contributed by atoms with Crippen molar-refractivity contribution in [2.24, 2.45) is 0 Å². The highest BCUT2D eigenvalue weighted by Gasteiger charge is 2.21. The van der Waals surface area contributed by atoms with Gasteiger partial charge in [-0.3, -0.25) is 0 Å². The van der Waals surface area contributed by atoms with Crippen LogP contribution >= 0.6 is 0 Å². The molecule has 1 aromatic heterocycles. The van der Waals surface area contributed by atoms with E-state index in [9.17, 15) is 0 Å². The fraction of sp³-hybridized carbons (Fsp3) is 0. The fourth-order valence-corrected chi connectivity index (χ4v) is 7.77. The number of hydrogen-bond acceptors (Lipinski definition) is 2. The Balaban J connectivity index is 1.17. The van der Waals surface area contributed by atoms with E-state index in [2.05, 4.69) is 193 Å². The Morgan fingerprint density at radius 3 is 1.66 bits per heavy atom. The van der Waals surface area contributed by atoms with E-state index in [1.807, 2.05) is 0 Å². The first kappa shape index (κ1) is 28.4. The predicted molar refractivity (Wildman–Crippen MR) is 212 cm³/mol. The maximum absolute atomic E-state index is 6.92. The molecule has 0 spiro atoms. The van der Waals surface area contributed by atoms with Gasteiger partial charge >= 0.3 is 0 Å². The molecule has 0 aliphatic heterocycles. The summed E-state index contributed by atoms with van der Waals surface area (Å²) in [5.41, 5.74) is 9.65. The lowest BCUT2D eigenvalue weighted by atomic mass is 9.93. The van der Waals surface area contributed by atoms with Gasteiger partial charge < -0.3 is 9.32 Å². The molecule has 0 saturated heterocycles. The molecule has 0 atom stereocenters. The second kappa shape index (κ2) is 11.5. The third-order valence-electron chi connectivity index (χ3n) is 10.0. The molecule has 2 nitrogen and oxygen atoms in total. The van der Waals surface area contributed by atoms with Crippen LogP contribution in [0.15, 0.2) is 192 Å². The third kappa shape index (κ3) is 4.50. The summed E-state index contributed by atoms with van der Waals surface area (Å²) in [7, 11) is 0. The fourth-order valence-electron chi connectivity index (χ4n) is 7.77. The second-order valence-corrected chi connectivity index (χ2v) is 12.9. The van der Waals surface area contributed by atoms with Crippen LogP contribution in [0.1, 0.15) is 0 Å². The van der Waals surface area contributed by atoms with Gasteiger partial charge in [0.15, 0.2) is 5.58 Å². The van der Waals surface area contributed by atoms with Crippen molar-refractivity contribution in [1.29, 1.82) is 0 Å². The van der Waals surface area contributed by atoms with Gasteiger partial charge in [0.1, 0.15) is 5.58 Å². The van der Waals surface area contributed by atoms with Gasteiger partial charge in [-0.05, 0) is 97.0 Å². The molecule has 9 aromatic carbocycles. The molecule has 0 aliphatic carbocycles. The monoisotopic (exact) mass is 637 g/mol. The molecule has 0 fully saturated rings. The number of benzene rings is 9. The Morgan fingerprint density at radius 1 is 0.360 bits per heavy atom. The van der Waals surface area contributed by atoms with Crippen LogP contribution in [0.25, 0.3) is 76.5 Å². The standard InChI is InChI=1S/C48H31NO/c1-3-14-32(15-4-1)44-31-46-47(41-23-12-11-22-40(41)44)42-24-13-25-45(48(42)50-46)49(35-17-5-2-6-18-35)36-28-26-33(27-29-36)43-30-34-16-7-8-19-37(34)38-20-9-10-21-39(38)43/h1-31H. The summed E-state index contributed by atoms with van der Waals surface area (Å²) in [5.74, 6) is 0. The van der Waals surface area contributed by atoms with E-state index in [0.29, 0.717) is 0 Å². The van der Waals surface area contributed by atoms with Gasteiger partial charge in [-0.25, -0.2) is 0 Å². The lowest BCUT2D eigenvalue weighted by molar-refractivity contribution is 0.669. The van der Waals surface area contributed by atoms with Crippen molar-refractivity contribution in [3.05, 3.63) is 188 Å². The quantitative estimate of drug-likeness (QED) is 0.175. The zero-order chi connectivity index (χ0) is 33.0. The van der Waals surface area contributed by atoms with Gasteiger partial charge in [-0.1, -0.05) is 146 Å². The lowest BCUT2D eigenvalue weighted by Gasteiger charge is -2.25. The summed E-state index contributed by atoms with van der Waals surface area (Å²) in [6, 6.07) is 67.2. The molecule has 2 heteroatoms. The number of furan rings is 1. The van der Waals surface area contributed by atoms with Crippen molar-refractivity contribution in [3.8, 4) is 22.3 Å². The van der Waals surface area contributed by atoms with Crippen LogP contribution in [0.2, 0.25) is 0 Å². The summed E-state index contributed by atoms with van der Waals surface area (Å²) in [6.45, 7) is 0. The highest BCUT2D eigenvalue weighted by molar-refractivity contribution is 6.23. The summed E-state index contributed by atoms with van der Waals surface area (Å²) in [4.78, 5) is 2.31. The van der Waals surface area contributed by atoms with E-state index in [0.717, 1.165) is 39.0 Å². The lowest BCUT2D eigenvalue weighted by Crippen LogP contribution is -2.10. The highest BCUT2D eigenvalue weighted by atomic mass is 16.3. The van der Waals surface area contributed by atoms with Crippen LogP contribution < -0.4 is 4.90 Å². The molecule has 1 heterocycles. The first-order chi connectivity index (χ1) is 24.8. The van der Waals surface area contributed by atoms with E-state index in [1.165, 1.54) is 54.6 Å². The second-order valence-electron chi connectivity index (χ2n) is 12.9. The van der Waals surface area contributed by atoms with Crippen molar-refractivity contribution in [2.75, 3.05) is 4.90 Å². The number of anilines is 3. The molecule has 10 aromatic rings. The maximum Gasteiger partial charge on any atom is 0.159 e. The Kier molecular flexibility index (Phi) is 6.53.